The van der Waals surface area contributed by atoms with Crippen molar-refractivity contribution in [2.45, 2.75) is 51.6 Å². The molecule has 1 fully saturated rings. The molecule has 0 saturated heterocycles. The lowest BCUT2D eigenvalue weighted by Gasteiger charge is -2.27. The highest BCUT2D eigenvalue weighted by Crippen LogP contribution is 2.26. The highest BCUT2D eigenvalue weighted by atomic mass is 32.1. The van der Waals surface area contributed by atoms with E-state index in [1.165, 1.54) is 11.5 Å². The molecule has 25 heavy (non-hydrogen) atoms. The molecule has 8 nitrogen and oxygen atoms in total. The minimum absolute atomic E-state index is 0.125. The van der Waals surface area contributed by atoms with Gasteiger partial charge in [0.05, 0.1) is 11.4 Å². The molecule has 2 aromatic rings. The summed E-state index contributed by atoms with van der Waals surface area (Å²) in [6, 6.07) is 2.48. The summed E-state index contributed by atoms with van der Waals surface area (Å²) in [7, 11) is 0. The van der Waals surface area contributed by atoms with E-state index in [4.69, 9.17) is 11.5 Å². The molecule has 0 unspecified atom stereocenters. The second kappa shape index (κ2) is 7.32. The Hall–Kier alpha value is -2.26. The van der Waals surface area contributed by atoms with E-state index in [9.17, 15) is 4.79 Å². The van der Waals surface area contributed by atoms with E-state index in [1.54, 1.807) is 0 Å². The summed E-state index contributed by atoms with van der Waals surface area (Å²) >= 11 is 1.30. The van der Waals surface area contributed by atoms with Gasteiger partial charge in [0.15, 0.2) is 11.5 Å². The summed E-state index contributed by atoms with van der Waals surface area (Å²) < 4.78 is 4.22. The van der Waals surface area contributed by atoms with Crippen molar-refractivity contribution in [1.29, 1.82) is 0 Å². The Bertz CT molecular complexity index is 768. The van der Waals surface area contributed by atoms with Gasteiger partial charge in [-0.05, 0) is 57.1 Å². The van der Waals surface area contributed by atoms with E-state index in [2.05, 4.69) is 25.0 Å². The molecule has 2 aromatic heterocycles. The lowest BCUT2D eigenvalue weighted by Crippen LogP contribution is -2.33. The van der Waals surface area contributed by atoms with Crippen molar-refractivity contribution in [3.05, 3.63) is 23.1 Å². The Morgan fingerprint density at radius 1 is 1.20 bits per heavy atom. The van der Waals surface area contributed by atoms with Gasteiger partial charge in [0.1, 0.15) is 10.8 Å². The van der Waals surface area contributed by atoms with Gasteiger partial charge >= 0.3 is 0 Å². The Morgan fingerprint density at radius 2 is 1.92 bits per heavy atom. The maximum atomic E-state index is 11.7. The molecule has 2 heterocycles. The van der Waals surface area contributed by atoms with Crippen LogP contribution in [0.2, 0.25) is 0 Å². The van der Waals surface area contributed by atoms with E-state index in [0.29, 0.717) is 23.4 Å². The summed E-state index contributed by atoms with van der Waals surface area (Å²) in [4.78, 5) is 20.7. The predicted molar refractivity (Wildman–Crippen MR) is 99.3 cm³/mol. The number of aromatic nitrogens is 3. The minimum Gasteiger partial charge on any atom is -0.366 e. The Balaban J connectivity index is 1.85. The van der Waals surface area contributed by atoms with Crippen molar-refractivity contribution in [3.63, 3.8) is 0 Å². The maximum Gasteiger partial charge on any atom is 0.271 e. The molecule has 134 valence electrons. The third kappa shape index (κ3) is 4.23. The second-order valence-corrected chi connectivity index (χ2v) is 7.24. The number of hydrogen-bond donors (Lipinski definition) is 4. The number of hydrogen-bond acceptors (Lipinski definition) is 8. The molecule has 1 aliphatic rings. The van der Waals surface area contributed by atoms with E-state index >= 15 is 0 Å². The zero-order valence-corrected chi connectivity index (χ0v) is 15.2. The number of amides is 1. The second-order valence-electron chi connectivity index (χ2n) is 6.43. The molecule has 6 N–H and O–H groups in total. The average molecular weight is 361 g/mol. The van der Waals surface area contributed by atoms with E-state index < -0.39 is 5.91 Å². The third-order valence-electron chi connectivity index (χ3n) is 4.29. The standard InChI is InChI=1S/C16H23N7OS/c1-8-7-12(25-23-8)21-16-13(14(18)24)19-9(2)15(22-16)20-11-5-3-10(17)4-6-11/h7,10-11H,3-6,17H2,1-2H3,(H2,18,24)(H2,20,21,22). The zero-order chi connectivity index (χ0) is 18.0. The first-order chi connectivity index (χ1) is 11.9. The van der Waals surface area contributed by atoms with Gasteiger partial charge in [-0.3, -0.25) is 4.79 Å². The van der Waals surface area contributed by atoms with Crippen molar-refractivity contribution >= 4 is 34.1 Å². The Morgan fingerprint density at radius 3 is 2.52 bits per heavy atom. The van der Waals surface area contributed by atoms with Crippen LogP contribution < -0.4 is 22.1 Å². The van der Waals surface area contributed by atoms with Crippen molar-refractivity contribution in [1.82, 2.24) is 14.3 Å². The van der Waals surface area contributed by atoms with Gasteiger partial charge in [-0.25, -0.2) is 9.97 Å². The van der Waals surface area contributed by atoms with Crippen LogP contribution in [0.25, 0.3) is 0 Å². The molecule has 1 amide bonds. The molecule has 3 rings (SSSR count). The van der Waals surface area contributed by atoms with E-state index in [1.807, 2.05) is 19.9 Å². The van der Waals surface area contributed by atoms with Gasteiger partial charge in [-0.2, -0.15) is 4.37 Å². The van der Waals surface area contributed by atoms with Crippen molar-refractivity contribution < 1.29 is 4.79 Å². The number of nitrogens with one attached hydrogen (secondary N) is 2. The van der Waals surface area contributed by atoms with Gasteiger partial charge in [-0.15, -0.1) is 0 Å². The van der Waals surface area contributed by atoms with E-state index in [0.717, 1.165) is 36.4 Å². The fourth-order valence-corrected chi connectivity index (χ4v) is 3.57. The summed E-state index contributed by atoms with van der Waals surface area (Å²) in [6.45, 7) is 3.72. The SMILES string of the molecule is Cc1cc(Nc2nc(NC3CCC(N)CC3)c(C)nc2C(N)=O)sn1. The predicted octanol–water partition coefficient (Wildman–Crippen LogP) is 2.07. The number of anilines is 3. The first-order valence-electron chi connectivity index (χ1n) is 8.33. The summed E-state index contributed by atoms with van der Waals surface area (Å²) in [6.07, 6.45) is 3.98. The Labute approximate surface area is 150 Å². The molecule has 1 saturated carbocycles. The fourth-order valence-electron chi connectivity index (χ4n) is 2.91. The highest BCUT2D eigenvalue weighted by Gasteiger charge is 2.21. The largest absolute Gasteiger partial charge is 0.366 e. The fraction of sp³-hybridized carbons (Fsp3) is 0.500. The lowest BCUT2D eigenvalue weighted by molar-refractivity contribution is 0.0996. The minimum atomic E-state index is -0.616. The molecule has 1 aliphatic carbocycles. The van der Waals surface area contributed by atoms with Crippen LogP contribution in [0.4, 0.5) is 16.6 Å². The first kappa shape index (κ1) is 17.6. The van der Waals surface area contributed by atoms with Crippen LogP contribution in [0.5, 0.6) is 0 Å². The molecule has 0 radical (unpaired) electrons. The average Bonchev–Trinajstić information content (AvgIpc) is 2.97. The molecule has 0 spiro atoms. The lowest BCUT2D eigenvalue weighted by atomic mass is 9.92. The van der Waals surface area contributed by atoms with Gasteiger partial charge < -0.3 is 22.1 Å². The molecule has 9 heteroatoms. The highest BCUT2D eigenvalue weighted by molar-refractivity contribution is 7.10. The quantitative estimate of drug-likeness (QED) is 0.641. The normalized spacial score (nSPS) is 20.3. The van der Waals surface area contributed by atoms with Gasteiger partial charge in [0.2, 0.25) is 0 Å². The molecule has 0 atom stereocenters. The molecular weight excluding hydrogens is 338 g/mol. The first-order valence-corrected chi connectivity index (χ1v) is 9.10. The van der Waals surface area contributed by atoms with Crippen LogP contribution in [0, 0.1) is 13.8 Å². The maximum absolute atomic E-state index is 11.7. The summed E-state index contributed by atoms with van der Waals surface area (Å²) in [5.41, 5.74) is 13.1. The number of nitrogens with two attached hydrogens (primary N) is 2. The number of carbonyl (C=O) groups excluding carboxylic acids is 1. The molecule has 0 bridgehead atoms. The van der Waals surface area contributed by atoms with Crippen LogP contribution in [0.3, 0.4) is 0 Å². The third-order valence-corrected chi connectivity index (χ3v) is 5.08. The van der Waals surface area contributed by atoms with E-state index in [-0.39, 0.29) is 11.7 Å². The van der Waals surface area contributed by atoms with Crippen LogP contribution in [-0.4, -0.2) is 32.3 Å². The number of primary amides is 1. The van der Waals surface area contributed by atoms with Crippen molar-refractivity contribution in [3.8, 4) is 0 Å². The summed E-state index contributed by atoms with van der Waals surface area (Å²) in [5.74, 6) is 0.389. The Kier molecular flexibility index (Phi) is 5.14. The zero-order valence-electron chi connectivity index (χ0n) is 14.4. The van der Waals surface area contributed by atoms with Crippen molar-refractivity contribution in [2.75, 3.05) is 10.6 Å². The van der Waals surface area contributed by atoms with Crippen LogP contribution in [0.1, 0.15) is 47.6 Å². The monoisotopic (exact) mass is 361 g/mol. The van der Waals surface area contributed by atoms with Crippen LogP contribution >= 0.6 is 11.5 Å². The summed E-state index contributed by atoms with van der Waals surface area (Å²) in [5, 5.41) is 7.33. The number of carbonyl (C=O) groups is 1. The molecule has 0 aromatic carbocycles. The number of rotatable bonds is 5. The number of aryl methyl sites for hydroxylation is 2. The number of nitrogens with zero attached hydrogens (tertiary/aromatic N) is 3. The van der Waals surface area contributed by atoms with Gasteiger partial charge in [0, 0.05) is 12.1 Å². The van der Waals surface area contributed by atoms with Crippen LogP contribution in [0.15, 0.2) is 6.07 Å². The van der Waals surface area contributed by atoms with Gasteiger partial charge in [0.25, 0.3) is 5.91 Å². The van der Waals surface area contributed by atoms with Crippen LogP contribution in [-0.2, 0) is 0 Å². The smallest absolute Gasteiger partial charge is 0.271 e. The molecule has 0 aliphatic heterocycles. The van der Waals surface area contributed by atoms with Gasteiger partial charge in [-0.1, -0.05) is 0 Å². The molecular formula is C16H23N7OS. The topological polar surface area (TPSA) is 132 Å². The van der Waals surface area contributed by atoms with Crippen molar-refractivity contribution in [2.24, 2.45) is 11.5 Å².